The van der Waals surface area contributed by atoms with E-state index in [1.165, 1.54) is 26.5 Å². The minimum Gasteiger partial charge on any atom is -0.325 e. The van der Waals surface area contributed by atoms with Crippen LogP contribution in [0.2, 0.25) is 0 Å². The van der Waals surface area contributed by atoms with Crippen LogP contribution >= 0.6 is 23.1 Å². The molecule has 2 aromatic heterocycles. The van der Waals surface area contributed by atoms with Crippen molar-refractivity contribution in [3.05, 3.63) is 40.5 Å². The molecule has 0 atom stereocenters. The molecule has 7 nitrogen and oxygen atoms in total. The zero-order valence-corrected chi connectivity index (χ0v) is 20.8. The molecular weight excluding hydrogens is 464 g/mol. The number of hydrogen-bond acceptors (Lipinski definition) is 7. The number of aryl methyl sites for hydroxylation is 3. The van der Waals surface area contributed by atoms with Gasteiger partial charge in [0.15, 0.2) is 0 Å². The molecule has 0 aliphatic heterocycles. The first-order chi connectivity index (χ1) is 15.3. The van der Waals surface area contributed by atoms with Crippen LogP contribution in [0.4, 0.5) is 5.69 Å². The fraction of sp³-hybridized carbons (Fsp3) is 0.409. The molecule has 170 valence electrons. The van der Waals surface area contributed by atoms with E-state index in [-0.39, 0.29) is 16.6 Å². The van der Waals surface area contributed by atoms with Crippen LogP contribution < -0.4 is 5.32 Å². The zero-order valence-electron chi connectivity index (χ0n) is 18.3. The molecular formula is C22H26N4O3S3. The number of thioether (sulfide) groups is 1. The second kappa shape index (κ2) is 9.46. The van der Waals surface area contributed by atoms with Gasteiger partial charge in [0.1, 0.15) is 16.2 Å². The van der Waals surface area contributed by atoms with Crippen LogP contribution in [-0.2, 0) is 27.7 Å². The van der Waals surface area contributed by atoms with Crippen LogP contribution in [-0.4, -0.2) is 47.4 Å². The molecule has 1 aliphatic carbocycles. The number of thiophene rings is 1. The summed E-state index contributed by atoms with van der Waals surface area (Å²) < 4.78 is 27.1. The lowest BCUT2D eigenvalue weighted by atomic mass is 10.2. The Bertz CT molecular complexity index is 1270. The molecule has 0 unspecified atom stereocenters. The van der Waals surface area contributed by atoms with Gasteiger partial charge in [-0.25, -0.2) is 18.4 Å². The first kappa shape index (κ1) is 23.2. The molecule has 4 rings (SSSR count). The van der Waals surface area contributed by atoms with Crippen molar-refractivity contribution in [3.63, 3.8) is 0 Å². The Hall–Kier alpha value is -2.01. The van der Waals surface area contributed by atoms with E-state index in [2.05, 4.69) is 15.3 Å². The number of carbonyl (C=O) groups is 1. The van der Waals surface area contributed by atoms with E-state index in [1.807, 2.05) is 20.8 Å². The maximum Gasteiger partial charge on any atom is 0.243 e. The standard InChI is InChI=1S/C22H26N4O3S3/c1-4-26(5-2)32(28,29)15-10-9-14(3)17(11-15)25-19(27)12-30-21-20-16-7-6-8-18(16)31-22(20)24-13-23-21/h9-11,13H,4-8,12H2,1-3H3,(H,25,27). The van der Waals surface area contributed by atoms with Gasteiger partial charge in [0.25, 0.3) is 0 Å². The maximum absolute atomic E-state index is 12.8. The van der Waals surface area contributed by atoms with Crippen LogP contribution in [0, 0.1) is 6.92 Å². The number of benzene rings is 1. The topological polar surface area (TPSA) is 92.3 Å². The normalized spacial score (nSPS) is 13.6. The molecule has 10 heteroatoms. The average molecular weight is 491 g/mol. The van der Waals surface area contributed by atoms with Crippen LogP contribution in [0.25, 0.3) is 10.2 Å². The van der Waals surface area contributed by atoms with Crippen molar-refractivity contribution in [1.29, 1.82) is 0 Å². The van der Waals surface area contributed by atoms with Gasteiger partial charge >= 0.3 is 0 Å². The molecule has 1 aliphatic rings. The quantitative estimate of drug-likeness (QED) is 0.375. The molecule has 0 saturated heterocycles. The van der Waals surface area contributed by atoms with Gasteiger partial charge in [-0.1, -0.05) is 31.7 Å². The van der Waals surface area contributed by atoms with Gasteiger partial charge < -0.3 is 5.32 Å². The summed E-state index contributed by atoms with van der Waals surface area (Å²) in [5.74, 6) is -0.0162. The van der Waals surface area contributed by atoms with Gasteiger partial charge in [0, 0.05) is 29.0 Å². The summed E-state index contributed by atoms with van der Waals surface area (Å²) in [6, 6.07) is 4.85. The molecule has 32 heavy (non-hydrogen) atoms. The van der Waals surface area contributed by atoms with Crippen LogP contribution in [0.3, 0.4) is 0 Å². The van der Waals surface area contributed by atoms with E-state index in [9.17, 15) is 13.2 Å². The minimum atomic E-state index is -3.59. The highest BCUT2D eigenvalue weighted by Gasteiger charge is 2.23. The summed E-state index contributed by atoms with van der Waals surface area (Å²) >= 11 is 3.12. The largest absolute Gasteiger partial charge is 0.325 e. The Labute approximate surface area is 196 Å². The number of fused-ring (bicyclic) bond motifs is 3. The monoisotopic (exact) mass is 490 g/mol. The van der Waals surface area contributed by atoms with E-state index in [0.717, 1.165) is 40.1 Å². The van der Waals surface area contributed by atoms with Crippen molar-refractivity contribution >= 4 is 54.9 Å². The second-order valence-corrected chi connectivity index (χ2v) is 11.6. The summed E-state index contributed by atoms with van der Waals surface area (Å²) in [5.41, 5.74) is 2.65. The van der Waals surface area contributed by atoms with E-state index in [1.54, 1.807) is 35.9 Å². The molecule has 1 amide bonds. The average Bonchev–Trinajstić information content (AvgIpc) is 3.35. The van der Waals surface area contributed by atoms with Crippen LogP contribution in [0.1, 0.15) is 36.3 Å². The van der Waals surface area contributed by atoms with Gasteiger partial charge in [-0.3, -0.25) is 4.79 Å². The Morgan fingerprint density at radius 1 is 1.22 bits per heavy atom. The Morgan fingerprint density at radius 3 is 2.75 bits per heavy atom. The molecule has 0 bridgehead atoms. The van der Waals surface area contributed by atoms with Gasteiger partial charge in [-0.15, -0.1) is 11.3 Å². The Morgan fingerprint density at radius 2 is 2.00 bits per heavy atom. The van der Waals surface area contributed by atoms with Crippen molar-refractivity contribution in [1.82, 2.24) is 14.3 Å². The number of anilines is 1. The third kappa shape index (κ3) is 4.41. The van der Waals surface area contributed by atoms with Gasteiger partial charge in [-0.05, 0) is 49.4 Å². The third-order valence-electron chi connectivity index (χ3n) is 5.63. The van der Waals surface area contributed by atoms with Crippen LogP contribution in [0.15, 0.2) is 34.4 Å². The molecule has 0 fully saturated rings. The summed E-state index contributed by atoms with van der Waals surface area (Å²) in [6.07, 6.45) is 4.84. The van der Waals surface area contributed by atoms with E-state index >= 15 is 0 Å². The highest BCUT2D eigenvalue weighted by Crippen LogP contribution is 2.40. The lowest BCUT2D eigenvalue weighted by Crippen LogP contribution is -2.30. The summed E-state index contributed by atoms with van der Waals surface area (Å²) in [4.78, 5) is 24.1. The number of nitrogens with zero attached hydrogens (tertiary/aromatic N) is 3. The number of amides is 1. The Kier molecular flexibility index (Phi) is 6.85. The number of hydrogen-bond donors (Lipinski definition) is 1. The SMILES string of the molecule is CCN(CC)S(=O)(=O)c1ccc(C)c(NC(=O)CSc2ncnc3sc4c(c23)CCC4)c1. The molecule has 2 heterocycles. The lowest BCUT2D eigenvalue weighted by molar-refractivity contribution is -0.113. The molecule has 0 radical (unpaired) electrons. The molecule has 3 aromatic rings. The van der Waals surface area contributed by atoms with Gasteiger partial charge in [0.2, 0.25) is 15.9 Å². The van der Waals surface area contributed by atoms with Crippen molar-refractivity contribution < 1.29 is 13.2 Å². The predicted octanol–water partition coefficient (Wildman–Crippen LogP) is 4.25. The summed E-state index contributed by atoms with van der Waals surface area (Å²) in [6.45, 7) is 6.25. The first-order valence-corrected chi connectivity index (χ1v) is 13.9. The van der Waals surface area contributed by atoms with E-state index < -0.39 is 10.0 Å². The number of aromatic nitrogens is 2. The second-order valence-electron chi connectivity index (χ2n) is 7.62. The summed E-state index contributed by atoms with van der Waals surface area (Å²) in [7, 11) is -3.59. The smallest absolute Gasteiger partial charge is 0.243 e. The number of carbonyl (C=O) groups excluding carboxylic acids is 1. The highest BCUT2D eigenvalue weighted by molar-refractivity contribution is 8.00. The number of nitrogens with one attached hydrogen (secondary N) is 1. The van der Waals surface area contributed by atoms with Crippen molar-refractivity contribution in [2.75, 3.05) is 24.2 Å². The van der Waals surface area contributed by atoms with E-state index in [0.29, 0.717) is 18.8 Å². The number of rotatable bonds is 8. The first-order valence-electron chi connectivity index (χ1n) is 10.6. The number of sulfonamides is 1. The summed E-state index contributed by atoms with van der Waals surface area (Å²) in [5, 5.41) is 4.80. The maximum atomic E-state index is 12.8. The fourth-order valence-corrected chi connectivity index (χ4v) is 7.54. The van der Waals surface area contributed by atoms with Crippen LogP contribution in [0.5, 0.6) is 0 Å². The minimum absolute atomic E-state index is 0.182. The van der Waals surface area contributed by atoms with Crippen molar-refractivity contribution in [2.45, 2.75) is 50.0 Å². The molecule has 0 spiro atoms. The van der Waals surface area contributed by atoms with Gasteiger partial charge in [-0.2, -0.15) is 4.31 Å². The highest BCUT2D eigenvalue weighted by atomic mass is 32.2. The molecule has 0 saturated carbocycles. The van der Waals surface area contributed by atoms with Crippen molar-refractivity contribution in [3.8, 4) is 0 Å². The fourth-order valence-electron chi connectivity index (χ4n) is 3.94. The predicted molar refractivity (Wildman–Crippen MR) is 130 cm³/mol. The zero-order chi connectivity index (χ0) is 22.9. The third-order valence-corrected chi connectivity index (χ3v) is 9.87. The lowest BCUT2D eigenvalue weighted by Gasteiger charge is -2.19. The Balaban J connectivity index is 1.50. The van der Waals surface area contributed by atoms with Gasteiger partial charge in [0.05, 0.1) is 10.6 Å². The molecule has 1 N–H and O–H groups in total. The van der Waals surface area contributed by atoms with E-state index in [4.69, 9.17) is 0 Å². The molecule has 1 aromatic carbocycles. The van der Waals surface area contributed by atoms with Crippen molar-refractivity contribution in [2.24, 2.45) is 0 Å².